The fraction of sp³-hybridized carbons (Fsp3) is 0.207. The van der Waals surface area contributed by atoms with Crippen LogP contribution < -0.4 is 11.0 Å². The molecule has 0 saturated carbocycles. The minimum absolute atomic E-state index is 0.227. The number of hydrogen-bond acceptors (Lipinski definition) is 6. The van der Waals surface area contributed by atoms with E-state index >= 15 is 0 Å². The van der Waals surface area contributed by atoms with E-state index in [0.717, 1.165) is 22.4 Å². The van der Waals surface area contributed by atoms with E-state index in [9.17, 15) is 23.5 Å². The van der Waals surface area contributed by atoms with Gasteiger partial charge in [-0.3, -0.25) is 4.79 Å². The Kier molecular flexibility index (Phi) is 7.58. The first-order valence-electron chi connectivity index (χ1n) is 12.8. The molecule has 1 atom stereocenters. The highest BCUT2D eigenvalue weighted by Crippen LogP contribution is 2.28. The number of anilines is 1. The number of halogens is 2. The Morgan fingerprint density at radius 1 is 0.976 bits per heavy atom. The van der Waals surface area contributed by atoms with E-state index in [-0.39, 0.29) is 18.0 Å². The standard InChI is InChI=1S/C29H27F2N7O3/c1-19(2)20-3-5-21(6-4-20)27(39)35-23-8-10-24(11-9-23)37-18-34-38(28(37)40)15-29(41,14-36-17-32-16-33-36)25-12-7-22(30)13-26(25)31/h3-13,16-19,41H,14-15H2,1-2H3,(H,35,39)/t29-/m0/s1. The molecule has 0 radical (unpaired) electrons. The quantitative estimate of drug-likeness (QED) is 0.283. The Labute approximate surface area is 233 Å². The maximum Gasteiger partial charge on any atom is 0.350 e. The maximum absolute atomic E-state index is 14.7. The molecule has 0 spiro atoms. The molecule has 210 valence electrons. The molecule has 5 aromatic rings. The first kappa shape index (κ1) is 27.6. The predicted octanol–water partition coefficient (Wildman–Crippen LogP) is 3.87. The zero-order valence-electron chi connectivity index (χ0n) is 22.3. The predicted molar refractivity (Wildman–Crippen MR) is 147 cm³/mol. The summed E-state index contributed by atoms with van der Waals surface area (Å²) in [5.41, 5.74) is -0.213. The van der Waals surface area contributed by atoms with E-state index in [0.29, 0.717) is 28.9 Å². The van der Waals surface area contributed by atoms with E-state index in [1.807, 2.05) is 12.1 Å². The van der Waals surface area contributed by atoms with Gasteiger partial charge >= 0.3 is 5.69 Å². The number of aromatic nitrogens is 6. The van der Waals surface area contributed by atoms with Gasteiger partial charge in [-0.25, -0.2) is 32.5 Å². The number of nitrogens with zero attached hydrogens (tertiary/aromatic N) is 6. The van der Waals surface area contributed by atoms with Gasteiger partial charge in [0, 0.05) is 22.9 Å². The summed E-state index contributed by atoms with van der Waals surface area (Å²) in [6.07, 6.45) is 3.84. The van der Waals surface area contributed by atoms with Crippen molar-refractivity contribution in [2.45, 2.75) is 38.5 Å². The molecule has 0 saturated heterocycles. The third-order valence-corrected chi connectivity index (χ3v) is 6.71. The zero-order chi connectivity index (χ0) is 29.1. The molecule has 2 aromatic heterocycles. The van der Waals surface area contributed by atoms with Crippen LogP contribution in [-0.2, 0) is 18.7 Å². The third kappa shape index (κ3) is 5.97. The summed E-state index contributed by atoms with van der Waals surface area (Å²) in [6.45, 7) is 3.43. The van der Waals surface area contributed by atoms with Crippen molar-refractivity contribution in [3.63, 3.8) is 0 Å². The Hall–Kier alpha value is -4.97. The Balaban J connectivity index is 1.36. The molecule has 3 aromatic carbocycles. The molecule has 2 N–H and O–H groups in total. The zero-order valence-corrected chi connectivity index (χ0v) is 22.3. The number of hydrogen-bond donors (Lipinski definition) is 2. The summed E-state index contributed by atoms with van der Waals surface area (Å²) in [5.74, 6) is -1.69. The van der Waals surface area contributed by atoms with Crippen LogP contribution in [-0.4, -0.2) is 40.1 Å². The molecule has 0 unspecified atom stereocenters. The van der Waals surface area contributed by atoms with Crippen LogP contribution in [0.4, 0.5) is 14.5 Å². The molecule has 2 heterocycles. The summed E-state index contributed by atoms with van der Waals surface area (Å²) >= 11 is 0. The summed E-state index contributed by atoms with van der Waals surface area (Å²) in [7, 11) is 0. The van der Waals surface area contributed by atoms with Crippen molar-refractivity contribution in [1.82, 2.24) is 29.1 Å². The minimum atomic E-state index is -2.02. The highest BCUT2D eigenvalue weighted by Gasteiger charge is 2.35. The third-order valence-electron chi connectivity index (χ3n) is 6.71. The van der Waals surface area contributed by atoms with E-state index in [1.54, 1.807) is 36.4 Å². The fourth-order valence-corrected chi connectivity index (χ4v) is 4.47. The van der Waals surface area contributed by atoms with Crippen molar-refractivity contribution >= 4 is 11.6 Å². The van der Waals surface area contributed by atoms with Crippen LogP contribution in [0.15, 0.2) is 90.5 Å². The Bertz CT molecular complexity index is 1710. The molecule has 41 heavy (non-hydrogen) atoms. The number of benzene rings is 3. The Morgan fingerprint density at radius 2 is 1.71 bits per heavy atom. The molecule has 5 rings (SSSR count). The van der Waals surface area contributed by atoms with Crippen LogP contribution in [0.25, 0.3) is 5.69 Å². The average Bonchev–Trinajstić information content (AvgIpc) is 3.58. The largest absolute Gasteiger partial charge is 0.381 e. The van der Waals surface area contributed by atoms with Crippen LogP contribution in [0.5, 0.6) is 0 Å². The number of rotatable bonds is 9. The van der Waals surface area contributed by atoms with Gasteiger partial charge in [0.2, 0.25) is 0 Å². The second-order valence-corrected chi connectivity index (χ2v) is 9.97. The summed E-state index contributed by atoms with van der Waals surface area (Å²) in [5, 5.41) is 22.4. The SMILES string of the molecule is CC(C)c1ccc(C(=O)Nc2ccc(-n3cnn(C[C@@](O)(Cn4cncn4)c4ccc(F)cc4F)c3=O)cc2)cc1. The molecule has 0 aliphatic carbocycles. The van der Waals surface area contributed by atoms with Gasteiger partial charge in [-0.05, 0) is 53.9 Å². The highest BCUT2D eigenvalue weighted by molar-refractivity contribution is 6.04. The van der Waals surface area contributed by atoms with Gasteiger partial charge in [-0.2, -0.15) is 10.2 Å². The smallest absolute Gasteiger partial charge is 0.350 e. The second-order valence-electron chi connectivity index (χ2n) is 9.97. The van der Waals surface area contributed by atoms with Crippen molar-refractivity contribution in [2.24, 2.45) is 0 Å². The number of nitrogens with one attached hydrogen (secondary N) is 1. The van der Waals surface area contributed by atoms with E-state index in [1.165, 1.54) is 28.2 Å². The average molecular weight is 560 g/mol. The van der Waals surface area contributed by atoms with Crippen molar-refractivity contribution in [1.29, 1.82) is 0 Å². The van der Waals surface area contributed by atoms with Crippen LogP contribution in [0, 0.1) is 11.6 Å². The number of aliphatic hydroxyl groups is 1. The number of carbonyl (C=O) groups excluding carboxylic acids is 1. The molecule has 12 heteroatoms. The van der Waals surface area contributed by atoms with Gasteiger partial charge in [-0.15, -0.1) is 0 Å². The van der Waals surface area contributed by atoms with E-state index in [2.05, 4.69) is 34.3 Å². The number of carbonyl (C=O) groups is 1. The summed E-state index contributed by atoms with van der Waals surface area (Å²) < 4.78 is 31.8. The summed E-state index contributed by atoms with van der Waals surface area (Å²) in [6, 6.07) is 16.7. The van der Waals surface area contributed by atoms with Gasteiger partial charge in [0.05, 0.1) is 18.8 Å². The van der Waals surface area contributed by atoms with Gasteiger partial charge < -0.3 is 10.4 Å². The monoisotopic (exact) mass is 559 g/mol. The lowest BCUT2D eigenvalue weighted by molar-refractivity contribution is -0.00948. The first-order chi connectivity index (χ1) is 19.6. The van der Waals surface area contributed by atoms with Crippen molar-refractivity contribution in [3.05, 3.63) is 125 Å². The lowest BCUT2D eigenvalue weighted by Gasteiger charge is -2.28. The topological polar surface area (TPSA) is 120 Å². The van der Waals surface area contributed by atoms with Crippen molar-refractivity contribution < 1.29 is 18.7 Å². The van der Waals surface area contributed by atoms with Crippen LogP contribution in [0.1, 0.15) is 41.3 Å². The van der Waals surface area contributed by atoms with E-state index in [4.69, 9.17) is 0 Å². The van der Waals surface area contributed by atoms with Crippen molar-refractivity contribution in [3.8, 4) is 5.69 Å². The van der Waals surface area contributed by atoms with Gasteiger partial charge in [0.25, 0.3) is 5.91 Å². The van der Waals surface area contributed by atoms with E-state index < -0.39 is 29.5 Å². The molecule has 1 amide bonds. The molecule has 0 aliphatic rings. The minimum Gasteiger partial charge on any atom is -0.381 e. The molecular weight excluding hydrogens is 532 g/mol. The van der Waals surface area contributed by atoms with Crippen molar-refractivity contribution in [2.75, 3.05) is 5.32 Å². The molecule has 0 bridgehead atoms. The van der Waals surface area contributed by atoms with Crippen LogP contribution in [0.2, 0.25) is 0 Å². The first-order valence-corrected chi connectivity index (χ1v) is 12.8. The Morgan fingerprint density at radius 3 is 2.34 bits per heavy atom. The molecule has 0 fully saturated rings. The van der Waals surface area contributed by atoms with Gasteiger partial charge in [0.15, 0.2) is 0 Å². The fourth-order valence-electron chi connectivity index (χ4n) is 4.47. The lowest BCUT2D eigenvalue weighted by Crippen LogP contribution is -2.41. The second kappa shape index (κ2) is 11.3. The molecular formula is C29H27F2N7O3. The van der Waals surface area contributed by atoms with Crippen LogP contribution in [0.3, 0.4) is 0 Å². The van der Waals surface area contributed by atoms with Gasteiger partial charge in [-0.1, -0.05) is 32.0 Å². The highest BCUT2D eigenvalue weighted by atomic mass is 19.1. The number of amides is 1. The normalized spacial score (nSPS) is 12.8. The lowest BCUT2D eigenvalue weighted by atomic mass is 9.93. The van der Waals surface area contributed by atoms with Gasteiger partial charge in [0.1, 0.15) is 36.2 Å². The molecule has 0 aliphatic heterocycles. The van der Waals surface area contributed by atoms with Crippen LogP contribution >= 0.6 is 0 Å². The maximum atomic E-state index is 14.7. The summed E-state index contributed by atoms with van der Waals surface area (Å²) in [4.78, 5) is 29.7. The molecule has 10 nitrogen and oxygen atoms in total.